The van der Waals surface area contributed by atoms with Gasteiger partial charge >= 0.3 is 6.18 Å². The van der Waals surface area contributed by atoms with Gasteiger partial charge in [-0.15, -0.1) is 0 Å². The Kier molecular flexibility index (Phi) is 6.37. The first-order valence-electron chi connectivity index (χ1n) is 6.89. The summed E-state index contributed by atoms with van der Waals surface area (Å²) in [4.78, 5) is 11.8. The Bertz CT molecular complexity index is 488. The molecule has 3 unspecified atom stereocenters. The first kappa shape index (κ1) is 18.4. The van der Waals surface area contributed by atoms with Gasteiger partial charge in [0.25, 0.3) is 0 Å². The van der Waals surface area contributed by atoms with Gasteiger partial charge in [0.15, 0.2) is 0 Å². The number of hydrogen-bond donors (Lipinski definition) is 2. The average molecular weight is 319 g/mol. The number of alkyl halides is 3. The maximum absolute atomic E-state index is 12.5. The van der Waals surface area contributed by atoms with Gasteiger partial charge < -0.3 is 15.2 Å². The largest absolute Gasteiger partial charge is 0.416 e. The van der Waals surface area contributed by atoms with E-state index in [0.717, 1.165) is 12.1 Å². The van der Waals surface area contributed by atoms with Crippen molar-refractivity contribution in [3.8, 4) is 0 Å². The molecule has 0 saturated heterocycles. The molecule has 0 spiro atoms. The lowest BCUT2D eigenvalue weighted by molar-refractivity contribution is -0.137. The van der Waals surface area contributed by atoms with E-state index in [1.165, 1.54) is 19.2 Å². The highest BCUT2D eigenvalue weighted by molar-refractivity contribution is 5.80. The van der Waals surface area contributed by atoms with E-state index in [0.29, 0.717) is 12.0 Å². The SMILES string of the molecule is CCC(NC(=O)C(C)OC)C(O)c1ccc(C(F)(F)F)cc1. The summed E-state index contributed by atoms with van der Waals surface area (Å²) in [6, 6.07) is 3.63. The lowest BCUT2D eigenvalue weighted by Crippen LogP contribution is -2.43. The first-order valence-corrected chi connectivity index (χ1v) is 6.89. The molecule has 0 radical (unpaired) electrons. The van der Waals surface area contributed by atoms with Crippen LogP contribution in [0.5, 0.6) is 0 Å². The highest BCUT2D eigenvalue weighted by Crippen LogP contribution is 2.30. The second-order valence-corrected chi connectivity index (χ2v) is 4.97. The van der Waals surface area contributed by atoms with Crippen molar-refractivity contribution in [2.24, 2.45) is 0 Å². The molecule has 1 rings (SSSR count). The van der Waals surface area contributed by atoms with Crippen molar-refractivity contribution in [1.82, 2.24) is 5.32 Å². The third-order valence-corrected chi connectivity index (χ3v) is 3.45. The molecule has 0 fully saturated rings. The monoisotopic (exact) mass is 319 g/mol. The molecule has 22 heavy (non-hydrogen) atoms. The zero-order valence-electron chi connectivity index (χ0n) is 12.6. The molecule has 0 aliphatic heterocycles. The molecule has 3 atom stereocenters. The van der Waals surface area contributed by atoms with E-state index < -0.39 is 30.0 Å². The number of carbonyl (C=O) groups excluding carboxylic acids is 1. The summed E-state index contributed by atoms with van der Waals surface area (Å²) in [6.45, 7) is 3.32. The quantitative estimate of drug-likeness (QED) is 0.847. The van der Waals surface area contributed by atoms with Crippen LogP contribution in [0.15, 0.2) is 24.3 Å². The Morgan fingerprint density at radius 1 is 1.32 bits per heavy atom. The van der Waals surface area contributed by atoms with Gasteiger partial charge in [-0.3, -0.25) is 4.79 Å². The van der Waals surface area contributed by atoms with E-state index in [4.69, 9.17) is 4.74 Å². The molecule has 0 aliphatic carbocycles. The fraction of sp³-hybridized carbons (Fsp3) is 0.533. The molecule has 0 saturated carbocycles. The topological polar surface area (TPSA) is 58.6 Å². The molecular weight excluding hydrogens is 299 g/mol. The molecule has 124 valence electrons. The van der Waals surface area contributed by atoms with Gasteiger partial charge in [0.05, 0.1) is 17.7 Å². The van der Waals surface area contributed by atoms with Gasteiger partial charge in [-0.05, 0) is 31.0 Å². The molecule has 1 aromatic carbocycles. The Morgan fingerprint density at radius 2 is 1.86 bits per heavy atom. The summed E-state index contributed by atoms with van der Waals surface area (Å²) in [7, 11) is 1.39. The summed E-state index contributed by atoms with van der Waals surface area (Å²) < 4.78 is 42.4. The van der Waals surface area contributed by atoms with E-state index >= 15 is 0 Å². The average Bonchev–Trinajstić information content (AvgIpc) is 2.50. The van der Waals surface area contributed by atoms with E-state index in [1.807, 2.05) is 0 Å². The van der Waals surface area contributed by atoms with Crippen molar-refractivity contribution in [1.29, 1.82) is 0 Å². The van der Waals surface area contributed by atoms with Crippen LogP contribution in [0.2, 0.25) is 0 Å². The minimum atomic E-state index is -4.42. The molecular formula is C15H20F3NO3. The van der Waals surface area contributed by atoms with Crippen LogP contribution in [0.4, 0.5) is 13.2 Å². The predicted octanol–water partition coefficient (Wildman–Crippen LogP) is 2.67. The number of hydrogen-bond acceptors (Lipinski definition) is 3. The molecule has 1 aromatic rings. The summed E-state index contributed by atoms with van der Waals surface area (Å²) in [5.41, 5.74) is -0.473. The number of methoxy groups -OCH3 is 1. The van der Waals surface area contributed by atoms with Crippen molar-refractivity contribution >= 4 is 5.91 Å². The van der Waals surface area contributed by atoms with Crippen LogP contribution in [0.3, 0.4) is 0 Å². The van der Waals surface area contributed by atoms with E-state index in [9.17, 15) is 23.1 Å². The highest BCUT2D eigenvalue weighted by Gasteiger charge is 2.31. The number of amides is 1. The lowest BCUT2D eigenvalue weighted by Gasteiger charge is -2.24. The number of aliphatic hydroxyl groups excluding tert-OH is 1. The van der Waals surface area contributed by atoms with Gasteiger partial charge in [0, 0.05) is 7.11 Å². The van der Waals surface area contributed by atoms with Crippen LogP contribution >= 0.6 is 0 Å². The fourth-order valence-electron chi connectivity index (χ4n) is 1.91. The minimum Gasteiger partial charge on any atom is -0.386 e. The molecule has 0 heterocycles. The minimum absolute atomic E-state index is 0.310. The summed E-state index contributed by atoms with van der Waals surface area (Å²) >= 11 is 0. The number of rotatable bonds is 6. The first-order chi connectivity index (χ1) is 10.2. The molecule has 0 aliphatic rings. The van der Waals surface area contributed by atoms with Crippen LogP contribution in [0.1, 0.15) is 37.5 Å². The molecule has 7 heteroatoms. The third kappa shape index (κ3) is 4.71. The van der Waals surface area contributed by atoms with E-state index in [2.05, 4.69) is 5.32 Å². The Hall–Kier alpha value is -1.60. The Morgan fingerprint density at radius 3 is 2.27 bits per heavy atom. The van der Waals surface area contributed by atoms with Crippen molar-refractivity contribution < 1.29 is 27.8 Å². The zero-order valence-corrected chi connectivity index (χ0v) is 12.6. The molecule has 0 aromatic heterocycles. The number of carbonyl (C=O) groups is 1. The van der Waals surface area contributed by atoms with Gasteiger partial charge in [0.2, 0.25) is 5.91 Å². The van der Waals surface area contributed by atoms with Crippen molar-refractivity contribution in [2.75, 3.05) is 7.11 Å². The van der Waals surface area contributed by atoms with Crippen LogP contribution in [0, 0.1) is 0 Å². The second-order valence-electron chi connectivity index (χ2n) is 4.97. The lowest BCUT2D eigenvalue weighted by atomic mass is 9.99. The normalized spacial score (nSPS) is 16.0. The van der Waals surface area contributed by atoms with Gasteiger partial charge in [-0.2, -0.15) is 13.2 Å². The van der Waals surface area contributed by atoms with Gasteiger partial charge in [-0.25, -0.2) is 0 Å². The van der Waals surface area contributed by atoms with E-state index in [-0.39, 0.29) is 5.91 Å². The third-order valence-electron chi connectivity index (χ3n) is 3.45. The van der Waals surface area contributed by atoms with Crippen molar-refractivity contribution in [3.63, 3.8) is 0 Å². The molecule has 1 amide bonds. The number of nitrogens with one attached hydrogen (secondary N) is 1. The number of halogens is 3. The van der Waals surface area contributed by atoms with Gasteiger partial charge in [0.1, 0.15) is 6.10 Å². The van der Waals surface area contributed by atoms with Crippen LogP contribution < -0.4 is 5.32 Å². The summed E-state index contributed by atoms with van der Waals surface area (Å²) in [5.74, 6) is -0.389. The number of ether oxygens (including phenoxy) is 1. The predicted molar refractivity (Wildman–Crippen MR) is 75.1 cm³/mol. The van der Waals surface area contributed by atoms with Crippen molar-refractivity contribution in [2.45, 2.75) is 44.7 Å². The summed E-state index contributed by atoms with van der Waals surface area (Å²) in [6.07, 6.45) is -5.77. The number of benzene rings is 1. The maximum atomic E-state index is 12.5. The van der Waals surface area contributed by atoms with Gasteiger partial charge in [-0.1, -0.05) is 19.1 Å². The number of aliphatic hydroxyl groups is 1. The van der Waals surface area contributed by atoms with Crippen LogP contribution in [-0.4, -0.2) is 30.3 Å². The van der Waals surface area contributed by atoms with E-state index in [1.54, 1.807) is 13.8 Å². The second kappa shape index (κ2) is 7.60. The van der Waals surface area contributed by atoms with Crippen LogP contribution in [0.25, 0.3) is 0 Å². The van der Waals surface area contributed by atoms with Crippen molar-refractivity contribution in [3.05, 3.63) is 35.4 Å². The smallest absolute Gasteiger partial charge is 0.386 e. The fourth-order valence-corrected chi connectivity index (χ4v) is 1.91. The van der Waals surface area contributed by atoms with Crippen LogP contribution in [-0.2, 0) is 15.7 Å². The Labute approximate surface area is 127 Å². The molecule has 0 bridgehead atoms. The zero-order chi connectivity index (χ0) is 16.9. The molecule has 2 N–H and O–H groups in total. The Balaban J connectivity index is 2.83. The standard InChI is InChI=1S/C15H20F3NO3/c1-4-12(19-14(21)9(2)22-3)13(20)10-5-7-11(8-6-10)15(16,17)18/h5-9,12-13,20H,4H2,1-3H3,(H,19,21). The summed E-state index contributed by atoms with van der Waals surface area (Å²) in [5, 5.41) is 12.9. The highest BCUT2D eigenvalue weighted by atomic mass is 19.4. The molecule has 4 nitrogen and oxygen atoms in total. The maximum Gasteiger partial charge on any atom is 0.416 e.